The lowest BCUT2D eigenvalue weighted by Crippen LogP contribution is -2.45. The highest BCUT2D eigenvalue weighted by Crippen LogP contribution is 2.34. The molecule has 0 heterocycles. The van der Waals surface area contributed by atoms with E-state index in [4.69, 9.17) is 10.8 Å². The summed E-state index contributed by atoms with van der Waals surface area (Å²) in [5.41, 5.74) is 4.44. The van der Waals surface area contributed by atoms with E-state index in [1.807, 2.05) is 5.32 Å². The minimum atomic E-state index is -0.861. The summed E-state index contributed by atoms with van der Waals surface area (Å²) in [5, 5.41) is 13.6. The predicted octanol–water partition coefficient (Wildman–Crippen LogP) is -1.70. The van der Waals surface area contributed by atoms with Crippen LogP contribution >= 0.6 is 0 Å². The van der Waals surface area contributed by atoms with E-state index < -0.39 is 11.9 Å². The molecule has 1 aliphatic carbocycles. The van der Waals surface area contributed by atoms with Crippen LogP contribution in [0, 0.1) is 0 Å². The first-order chi connectivity index (χ1) is 6.08. The van der Waals surface area contributed by atoms with Crippen LogP contribution in [0.15, 0.2) is 0 Å². The Bertz CT molecular complexity index is 225. The monoisotopic (exact) mass is 187 g/mol. The highest BCUT2D eigenvalue weighted by atomic mass is 16.3. The van der Waals surface area contributed by atoms with Crippen LogP contribution in [0.5, 0.6) is 0 Å². The van der Waals surface area contributed by atoms with E-state index in [1.54, 1.807) is 0 Å². The standard InChI is InChI=1S/C7H13N3O3/c8-6(13)10-5(12)3-9-7(4-11)1-2-7/h9,11H,1-4H2,(H3,8,10,12,13). The Kier molecular flexibility index (Phi) is 2.84. The van der Waals surface area contributed by atoms with E-state index in [1.165, 1.54) is 0 Å². The van der Waals surface area contributed by atoms with Gasteiger partial charge in [-0.3, -0.25) is 10.1 Å². The summed E-state index contributed by atoms with van der Waals surface area (Å²) in [6.07, 6.45) is 1.71. The Morgan fingerprint density at radius 2 is 2.08 bits per heavy atom. The van der Waals surface area contributed by atoms with Crippen molar-refractivity contribution >= 4 is 11.9 Å². The van der Waals surface area contributed by atoms with Crippen LogP contribution in [-0.2, 0) is 4.79 Å². The lowest BCUT2D eigenvalue weighted by Gasteiger charge is -2.12. The molecule has 0 aliphatic heterocycles. The molecule has 13 heavy (non-hydrogen) atoms. The molecule has 0 bridgehead atoms. The summed E-state index contributed by atoms with van der Waals surface area (Å²) in [5.74, 6) is -0.479. The lowest BCUT2D eigenvalue weighted by molar-refractivity contribution is -0.119. The number of nitrogens with one attached hydrogen (secondary N) is 2. The fraction of sp³-hybridized carbons (Fsp3) is 0.714. The predicted molar refractivity (Wildman–Crippen MR) is 44.8 cm³/mol. The number of amides is 3. The van der Waals surface area contributed by atoms with E-state index >= 15 is 0 Å². The van der Waals surface area contributed by atoms with Crippen LogP contribution in [0.4, 0.5) is 4.79 Å². The van der Waals surface area contributed by atoms with Crippen molar-refractivity contribution in [3.63, 3.8) is 0 Å². The van der Waals surface area contributed by atoms with Crippen LogP contribution < -0.4 is 16.4 Å². The number of aliphatic hydroxyl groups is 1. The van der Waals surface area contributed by atoms with Gasteiger partial charge in [0.2, 0.25) is 5.91 Å². The van der Waals surface area contributed by atoms with Gasteiger partial charge in [0.25, 0.3) is 0 Å². The summed E-state index contributed by atoms with van der Waals surface area (Å²) in [7, 11) is 0. The number of rotatable bonds is 4. The molecule has 1 rings (SSSR count). The number of urea groups is 1. The van der Waals surface area contributed by atoms with E-state index in [9.17, 15) is 9.59 Å². The Morgan fingerprint density at radius 1 is 1.46 bits per heavy atom. The smallest absolute Gasteiger partial charge is 0.318 e. The molecular formula is C7H13N3O3. The van der Waals surface area contributed by atoms with E-state index in [2.05, 4.69) is 5.32 Å². The number of aliphatic hydroxyl groups excluding tert-OH is 1. The van der Waals surface area contributed by atoms with Gasteiger partial charge in [0.05, 0.1) is 13.2 Å². The van der Waals surface area contributed by atoms with Gasteiger partial charge in [-0.1, -0.05) is 0 Å². The molecule has 1 fully saturated rings. The van der Waals surface area contributed by atoms with Gasteiger partial charge in [-0.2, -0.15) is 0 Å². The molecule has 0 aromatic carbocycles. The summed E-state index contributed by atoms with van der Waals surface area (Å²) in [6, 6.07) is -0.861. The van der Waals surface area contributed by atoms with Gasteiger partial charge in [0.15, 0.2) is 0 Å². The molecule has 1 saturated carbocycles. The van der Waals surface area contributed by atoms with Crippen molar-refractivity contribution in [2.75, 3.05) is 13.2 Å². The second-order valence-electron chi connectivity index (χ2n) is 3.20. The highest BCUT2D eigenvalue weighted by molar-refractivity contribution is 5.94. The van der Waals surface area contributed by atoms with Crippen molar-refractivity contribution in [1.29, 1.82) is 0 Å². The van der Waals surface area contributed by atoms with Gasteiger partial charge in [0.1, 0.15) is 0 Å². The maximum Gasteiger partial charge on any atom is 0.318 e. The van der Waals surface area contributed by atoms with Crippen LogP contribution in [0.25, 0.3) is 0 Å². The second kappa shape index (κ2) is 3.71. The number of nitrogens with two attached hydrogens (primary N) is 1. The lowest BCUT2D eigenvalue weighted by atomic mass is 10.3. The molecule has 3 amide bonds. The molecule has 0 aromatic heterocycles. The molecule has 74 valence electrons. The van der Waals surface area contributed by atoms with Crippen LogP contribution in [-0.4, -0.2) is 35.7 Å². The minimum absolute atomic E-state index is 0.00347. The van der Waals surface area contributed by atoms with E-state index in [0.29, 0.717) is 0 Å². The average Bonchev–Trinajstić information content (AvgIpc) is 2.80. The molecule has 0 saturated heterocycles. The molecule has 0 radical (unpaired) electrons. The normalized spacial score (nSPS) is 17.9. The number of imide groups is 1. The van der Waals surface area contributed by atoms with Crippen molar-refractivity contribution in [3.8, 4) is 0 Å². The quantitative estimate of drug-likeness (QED) is 0.421. The molecule has 5 N–H and O–H groups in total. The average molecular weight is 187 g/mol. The summed E-state index contributed by atoms with van der Waals surface area (Å²) in [4.78, 5) is 21.1. The molecule has 1 aliphatic rings. The Hall–Kier alpha value is -1.14. The van der Waals surface area contributed by atoms with E-state index in [-0.39, 0.29) is 18.7 Å². The van der Waals surface area contributed by atoms with Gasteiger partial charge in [-0.25, -0.2) is 4.79 Å². The van der Waals surface area contributed by atoms with Crippen LogP contribution in [0.1, 0.15) is 12.8 Å². The zero-order valence-corrected chi connectivity index (χ0v) is 7.17. The Labute approximate surface area is 75.5 Å². The zero-order valence-electron chi connectivity index (χ0n) is 7.17. The summed E-state index contributed by atoms with van der Waals surface area (Å²) >= 11 is 0. The van der Waals surface area contributed by atoms with Crippen molar-refractivity contribution < 1.29 is 14.7 Å². The number of carbonyl (C=O) groups excluding carboxylic acids is 2. The van der Waals surface area contributed by atoms with E-state index in [0.717, 1.165) is 12.8 Å². The molecule has 0 unspecified atom stereocenters. The molecule has 0 spiro atoms. The van der Waals surface area contributed by atoms with Gasteiger partial charge in [0, 0.05) is 5.54 Å². The SMILES string of the molecule is NC(=O)NC(=O)CNC1(CO)CC1. The molecule has 0 aromatic rings. The third-order valence-electron chi connectivity index (χ3n) is 2.04. The largest absolute Gasteiger partial charge is 0.394 e. The maximum absolute atomic E-state index is 10.9. The van der Waals surface area contributed by atoms with Crippen LogP contribution in [0.2, 0.25) is 0 Å². The first kappa shape index (κ1) is 9.94. The Morgan fingerprint density at radius 3 is 2.46 bits per heavy atom. The first-order valence-electron chi connectivity index (χ1n) is 4.03. The number of carbonyl (C=O) groups is 2. The fourth-order valence-electron chi connectivity index (χ4n) is 0.991. The molecule has 6 heteroatoms. The number of hydrogen-bond donors (Lipinski definition) is 4. The van der Waals surface area contributed by atoms with Gasteiger partial charge in [-0.15, -0.1) is 0 Å². The number of primary amides is 1. The second-order valence-corrected chi connectivity index (χ2v) is 3.20. The van der Waals surface area contributed by atoms with Gasteiger partial charge < -0.3 is 16.2 Å². The minimum Gasteiger partial charge on any atom is -0.394 e. The fourth-order valence-corrected chi connectivity index (χ4v) is 0.991. The van der Waals surface area contributed by atoms with Gasteiger partial charge in [-0.05, 0) is 12.8 Å². The van der Waals surface area contributed by atoms with Crippen molar-refractivity contribution in [2.24, 2.45) is 5.73 Å². The highest BCUT2D eigenvalue weighted by Gasteiger charge is 2.41. The third-order valence-corrected chi connectivity index (χ3v) is 2.04. The van der Waals surface area contributed by atoms with Crippen molar-refractivity contribution in [1.82, 2.24) is 10.6 Å². The zero-order chi connectivity index (χ0) is 9.90. The van der Waals surface area contributed by atoms with Crippen LogP contribution in [0.3, 0.4) is 0 Å². The Balaban J connectivity index is 2.19. The third kappa shape index (κ3) is 3.00. The van der Waals surface area contributed by atoms with Gasteiger partial charge >= 0.3 is 6.03 Å². The molecular weight excluding hydrogens is 174 g/mol. The first-order valence-corrected chi connectivity index (χ1v) is 4.03. The van der Waals surface area contributed by atoms with Crippen molar-refractivity contribution in [2.45, 2.75) is 18.4 Å². The van der Waals surface area contributed by atoms with Crippen molar-refractivity contribution in [3.05, 3.63) is 0 Å². The molecule has 6 nitrogen and oxygen atoms in total. The summed E-state index contributed by atoms with van der Waals surface area (Å²) in [6.45, 7) is 0.0142. The summed E-state index contributed by atoms with van der Waals surface area (Å²) < 4.78 is 0. The maximum atomic E-state index is 10.9. The number of hydrogen-bond acceptors (Lipinski definition) is 4. The molecule has 0 atom stereocenters. The topological polar surface area (TPSA) is 104 Å².